The SMILES string of the molecule is COc1ccccc1C1SCC(=O)N1c1ncc(C)s1. The second kappa shape index (κ2) is 5.46. The molecule has 4 nitrogen and oxygen atoms in total. The van der Waals surface area contributed by atoms with Gasteiger partial charge in [0, 0.05) is 16.6 Å². The highest BCUT2D eigenvalue weighted by atomic mass is 32.2. The molecule has 0 radical (unpaired) electrons. The summed E-state index contributed by atoms with van der Waals surface area (Å²) in [6, 6.07) is 7.82. The number of thiazole rings is 1. The van der Waals surface area contributed by atoms with E-state index in [4.69, 9.17) is 4.74 Å². The number of carbonyl (C=O) groups is 1. The molecular weight excluding hydrogens is 292 g/mol. The van der Waals surface area contributed by atoms with Crippen LogP contribution in [0.25, 0.3) is 0 Å². The number of benzene rings is 1. The molecule has 1 aromatic heterocycles. The number of ether oxygens (including phenoxy) is 1. The van der Waals surface area contributed by atoms with Crippen LogP contribution in [-0.2, 0) is 4.79 Å². The first-order chi connectivity index (χ1) is 9.70. The molecule has 1 aromatic carbocycles. The predicted molar refractivity (Wildman–Crippen MR) is 82.5 cm³/mol. The number of para-hydroxylation sites is 1. The summed E-state index contributed by atoms with van der Waals surface area (Å²) >= 11 is 3.15. The van der Waals surface area contributed by atoms with Gasteiger partial charge in [-0.25, -0.2) is 4.98 Å². The van der Waals surface area contributed by atoms with Crippen LogP contribution in [0.4, 0.5) is 5.13 Å². The lowest BCUT2D eigenvalue weighted by molar-refractivity contribution is -0.115. The highest BCUT2D eigenvalue weighted by Gasteiger charge is 2.37. The quantitative estimate of drug-likeness (QED) is 0.873. The normalized spacial score (nSPS) is 18.6. The molecule has 0 aliphatic carbocycles. The van der Waals surface area contributed by atoms with Crippen molar-refractivity contribution in [3.05, 3.63) is 40.9 Å². The maximum atomic E-state index is 12.2. The van der Waals surface area contributed by atoms with Gasteiger partial charge >= 0.3 is 0 Å². The highest BCUT2D eigenvalue weighted by Crippen LogP contribution is 2.45. The molecule has 0 N–H and O–H groups in total. The van der Waals surface area contributed by atoms with E-state index >= 15 is 0 Å². The van der Waals surface area contributed by atoms with Gasteiger partial charge in [0.1, 0.15) is 11.1 Å². The Labute approximate surface area is 125 Å². The maximum absolute atomic E-state index is 12.2. The Balaban J connectivity index is 2.02. The summed E-state index contributed by atoms with van der Waals surface area (Å²) in [5.74, 6) is 1.37. The third-order valence-corrected chi connectivity index (χ3v) is 5.19. The summed E-state index contributed by atoms with van der Waals surface area (Å²) in [6.45, 7) is 1.99. The summed E-state index contributed by atoms with van der Waals surface area (Å²) in [5, 5.41) is 0.692. The van der Waals surface area contributed by atoms with Crippen LogP contribution in [0.3, 0.4) is 0 Å². The van der Waals surface area contributed by atoms with Crippen molar-refractivity contribution in [3.8, 4) is 5.75 Å². The zero-order valence-corrected chi connectivity index (χ0v) is 12.8. The Morgan fingerprint density at radius 1 is 1.40 bits per heavy atom. The molecule has 3 rings (SSSR count). The van der Waals surface area contributed by atoms with E-state index in [1.807, 2.05) is 31.2 Å². The molecule has 2 aromatic rings. The Morgan fingerprint density at radius 2 is 2.20 bits per heavy atom. The first kappa shape index (κ1) is 13.5. The second-order valence-corrected chi connectivity index (χ2v) is 6.70. The van der Waals surface area contributed by atoms with E-state index in [9.17, 15) is 4.79 Å². The van der Waals surface area contributed by atoms with Crippen LogP contribution in [0.5, 0.6) is 5.75 Å². The number of thioether (sulfide) groups is 1. The van der Waals surface area contributed by atoms with Crippen molar-refractivity contribution in [3.63, 3.8) is 0 Å². The molecule has 104 valence electrons. The van der Waals surface area contributed by atoms with Gasteiger partial charge in [-0.15, -0.1) is 23.1 Å². The van der Waals surface area contributed by atoms with E-state index in [-0.39, 0.29) is 11.3 Å². The predicted octanol–water partition coefficient (Wildman–Crippen LogP) is 3.24. The minimum atomic E-state index is -0.0656. The fourth-order valence-electron chi connectivity index (χ4n) is 2.19. The standard InChI is InChI=1S/C14H14N2O2S2/c1-9-7-15-14(20-9)16-12(17)8-19-13(16)10-5-3-4-6-11(10)18-2/h3-7,13H,8H2,1-2H3. The first-order valence-electron chi connectivity index (χ1n) is 6.19. The number of rotatable bonds is 3. The number of carbonyl (C=O) groups excluding carboxylic acids is 1. The molecule has 20 heavy (non-hydrogen) atoms. The van der Waals surface area contributed by atoms with Crippen molar-refractivity contribution >= 4 is 34.1 Å². The fraction of sp³-hybridized carbons (Fsp3) is 0.286. The molecule has 1 atom stereocenters. The van der Waals surface area contributed by atoms with Crippen LogP contribution in [0.15, 0.2) is 30.5 Å². The van der Waals surface area contributed by atoms with Crippen molar-refractivity contribution in [1.82, 2.24) is 4.98 Å². The van der Waals surface area contributed by atoms with E-state index in [0.29, 0.717) is 5.75 Å². The van der Waals surface area contributed by atoms with E-state index in [1.54, 1.807) is 41.3 Å². The van der Waals surface area contributed by atoms with Crippen molar-refractivity contribution in [2.45, 2.75) is 12.3 Å². The summed E-state index contributed by atoms with van der Waals surface area (Å²) in [6.07, 6.45) is 1.80. The minimum Gasteiger partial charge on any atom is -0.496 e. The number of hydrogen-bond donors (Lipinski definition) is 0. The first-order valence-corrected chi connectivity index (χ1v) is 8.06. The Kier molecular flexibility index (Phi) is 3.67. The van der Waals surface area contributed by atoms with Crippen molar-refractivity contribution in [2.75, 3.05) is 17.8 Å². The molecule has 0 bridgehead atoms. The molecule has 1 unspecified atom stereocenters. The number of amides is 1. The van der Waals surface area contributed by atoms with Crippen LogP contribution in [0.1, 0.15) is 15.8 Å². The summed E-state index contributed by atoms with van der Waals surface area (Å²) < 4.78 is 5.41. The van der Waals surface area contributed by atoms with E-state index in [0.717, 1.165) is 21.3 Å². The van der Waals surface area contributed by atoms with Gasteiger partial charge in [0.05, 0.1) is 12.9 Å². The smallest absolute Gasteiger partial charge is 0.240 e. The van der Waals surface area contributed by atoms with Crippen LogP contribution in [-0.4, -0.2) is 23.8 Å². The molecule has 1 aliphatic heterocycles. The summed E-state index contributed by atoms with van der Waals surface area (Å²) in [4.78, 5) is 19.4. The molecule has 1 aliphatic rings. The molecule has 1 saturated heterocycles. The van der Waals surface area contributed by atoms with Crippen LogP contribution >= 0.6 is 23.1 Å². The number of hydrogen-bond acceptors (Lipinski definition) is 5. The molecule has 1 fully saturated rings. The van der Waals surface area contributed by atoms with Crippen molar-refractivity contribution < 1.29 is 9.53 Å². The number of aryl methyl sites for hydroxylation is 1. The summed E-state index contributed by atoms with van der Waals surface area (Å²) in [5.41, 5.74) is 1.01. The Hall–Kier alpha value is -1.53. The number of nitrogens with zero attached hydrogens (tertiary/aromatic N) is 2. The van der Waals surface area contributed by atoms with Gasteiger partial charge in [-0.3, -0.25) is 9.69 Å². The number of aromatic nitrogens is 1. The monoisotopic (exact) mass is 306 g/mol. The molecule has 6 heteroatoms. The van der Waals surface area contributed by atoms with Crippen LogP contribution < -0.4 is 9.64 Å². The van der Waals surface area contributed by atoms with E-state index in [1.165, 1.54) is 0 Å². The Bertz CT molecular complexity index is 642. The lowest BCUT2D eigenvalue weighted by Crippen LogP contribution is -2.27. The zero-order valence-electron chi connectivity index (χ0n) is 11.2. The number of methoxy groups -OCH3 is 1. The molecule has 0 saturated carbocycles. The molecule has 0 spiro atoms. The maximum Gasteiger partial charge on any atom is 0.240 e. The van der Waals surface area contributed by atoms with Crippen molar-refractivity contribution in [1.29, 1.82) is 0 Å². The van der Waals surface area contributed by atoms with Crippen molar-refractivity contribution in [2.24, 2.45) is 0 Å². The molecular formula is C14H14N2O2S2. The van der Waals surface area contributed by atoms with Crippen LogP contribution in [0.2, 0.25) is 0 Å². The van der Waals surface area contributed by atoms with Gasteiger partial charge in [-0.05, 0) is 13.0 Å². The zero-order chi connectivity index (χ0) is 14.1. The topological polar surface area (TPSA) is 42.4 Å². The van der Waals surface area contributed by atoms with Gasteiger partial charge in [0.25, 0.3) is 0 Å². The minimum absolute atomic E-state index is 0.0656. The lowest BCUT2D eigenvalue weighted by Gasteiger charge is -2.23. The van der Waals surface area contributed by atoms with E-state index < -0.39 is 0 Å². The highest BCUT2D eigenvalue weighted by molar-refractivity contribution is 8.00. The summed E-state index contributed by atoms with van der Waals surface area (Å²) in [7, 11) is 1.65. The third-order valence-electron chi connectivity index (χ3n) is 3.09. The van der Waals surface area contributed by atoms with Gasteiger partial charge < -0.3 is 4.74 Å². The molecule has 2 heterocycles. The van der Waals surface area contributed by atoms with Crippen LogP contribution in [0, 0.1) is 6.92 Å². The Morgan fingerprint density at radius 3 is 2.90 bits per heavy atom. The average molecular weight is 306 g/mol. The van der Waals surface area contributed by atoms with E-state index in [2.05, 4.69) is 4.98 Å². The van der Waals surface area contributed by atoms with Gasteiger partial charge in [0.2, 0.25) is 5.91 Å². The third kappa shape index (κ3) is 2.29. The second-order valence-electron chi connectivity index (χ2n) is 4.42. The number of anilines is 1. The molecule has 1 amide bonds. The average Bonchev–Trinajstić information content (AvgIpc) is 3.04. The van der Waals surface area contributed by atoms with Gasteiger partial charge in [0.15, 0.2) is 5.13 Å². The van der Waals surface area contributed by atoms with Gasteiger partial charge in [-0.1, -0.05) is 18.2 Å². The fourth-order valence-corrected chi connectivity index (χ4v) is 4.24. The largest absolute Gasteiger partial charge is 0.496 e. The lowest BCUT2D eigenvalue weighted by atomic mass is 10.2. The van der Waals surface area contributed by atoms with Gasteiger partial charge in [-0.2, -0.15) is 0 Å².